The maximum absolute atomic E-state index is 13.0. The van der Waals surface area contributed by atoms with Gasteiger partial charge in [0.2, 0.25) is 0 Å². The number of esters is 1. The summed E-state index contributed by atoms with van der Waals surface area (Å²) in [7, 11) is 0. The fourth-order valence-corrected chi connectivity index (χ4v) is 4.22. The number of phenols is 2. The van der Waals surface area contributed by atoms with Crippen LogP contribution in [0.3, 0.4) is 0 Å². The standard InChI is InChI=1S/C26H33ClN2O6/c1-17-10-6-3-4-7-11-19(28-34-16-23(32)29-12-8-5-9-13-29)14-20-24(26(33)35-18(17)2)21(30)15-22(31)25(20)27/h6-7,10-11,15,17-18,30-31H,3-5,8-9,12-14,16H2,1-2H3/b10-6+,11-7+,28-19+/t17-,18+/m0/s1. The third-order valence-corrected chi connectivity index (χ3v) is 6.67. The molecular formula is C26H33ClN2O6. The smallest absolute Gasteiger partial charge is 0.342 e. The first-order valence-electron chi connectivity index (χ1n) is 12.0. The van der Waals surface area contributed by atoms with Gasteiger partial charge in [0.25, 0.3) is 5.91 Å². The summed E-state index contributed by atoms with van der Waals surface area (Å²) in [6.45, 7) is 4.94. The summed E-state index contributed by atoms with van der Waals surface area (Å²) in [5.74, 6) is -1.74. The van der Waals surface area contributed by atoms with Crippen molar-refractivity contribution in [3.63, 3.8) is 0 Å². The molecule has 1 aromatic carbocycles. The van der Waals surface area contributed by atoms with E-state index in [2.05, 4.69) is 5.16 Å². The number of allylic oxidation sites excluding steroid dienone is 3. The summed E-state index contributed by atoms with van der Waals surface area (Å²) in [6, 6.07) is 1.01. The molecule has 0 bridgehead atoms. The minimum atomic E-state index is -0.756. The molecule has 190 valence electrons. The summed E-state index contributed by atoms with van der Waals surface area (Å²) in [6.07, 6.45) is 11.7. The number of ether oxygens (including phenoxy) is 1. The molecule has 2 aliphatic heterocycles. The van der Waals surface area contributed by atoms with Crippen molar-refractivity contribution in [2.45, 2.75) is 58.5 Å². The van der Waals surface area contributed by atoms with Crippen molar-refractivity contribution in [1.29, 1.82) is 0 Å². The Balaban J connectivity index is 1.90. The van der Waals surface area contributed by atoms with Crippen LogP contribution >= 0.6 is 11.6 Å². The second-order valence-electron chi connectivity index (χ2n) is 8.93. The number of hydrogen-bond donors (Lipinski definition) is 2. The molecule has 35 heavy (non-hydrogen) atoms. The van der Waals surface area contributed by atoms with Crippen LogP contribution in [0, 0.1) is 5.92 Å². The molecule has 1 aromatic rings. The number of nitrogens with zero attached hydrogens (tertiary/aromatic N) is 2. The van der Waals surface area contributed by atoms with E-state index in [0.717, 1.165) is 38.2 Å². The molecule has 0 saturated carbocycles. The van der Waals surface area contributed by atoms with Crippen LogP contribution in [-0.2, 0) is 20.8 Å². The Morgan fingerprint density at radius 3 is 2.63 bits per heavy atom. The fourth-order valence-electron chi connectivity index (χ4n) is 4.00. The molecule has 3 rings (SSSR count). The first kappa shape index (κ1) is 26.6. The zero-order chi connectivity index (χ0) is 25.4. The van der Waals surface area contributed by atoms with Crippen LogP contribution in [-0.4, -0.2) is 58.5 Å². The van der Waals surface area contributed by atoms with Crippen LogP contribution < -0.4 is 0 Å². The Labute approximate surface area is 210 Å². The molecule has 0 unspecified atom stereocenters. The van der Waals surface area contributed by atoms with Gasteiger partial charge < -0.3 is 24.7 Å². The van der Waals surface area contributed by atoms with Gasteiger partial charge in [-0.05, 0) is 50.7 Å². The van der Waals surface area contributed by atoms with Crippen LogP contribution in [0.25, 0.3) is 0 Å². The Hall–Kier alpha value is -3.00. The van der Waals surface area contributed by atoms with E-state index in [-0.39, 0.29) is 46.8 Å². The number of benzene rings is 1. The highest BCUT2D eigenvalue weighted by Gasteiger charge is 2.27. The molecule has 2 aliphatic rings. The summed E-state index contributed by atoms with van der Waals surface area (Å²) in [5.41, 5.74) is 0.397. The van der Waals surface area contributed by atoms with Crippen LogP contribution in [0.5, 0.6) is 11.5 Å². The van der Waals surface area contributed by atoms with Crippen LogP contribution in [0.15, 0.2) is 35.5 Å². The number of carbonyl (C=O) groups excluding carboxylic acids is 2. The molecule has 0 aliphatic carbocycles. The number of carbonyl (C=O) groups is 2. The van der Waals surface area contributed by atoms with Crippen molar-refractivity contribution < 1.29 is 29.4 Å². The normalized spacial score (nSPS) is 24.7. The molecule has 0 spiro atoms. The van der Waals surface area contributed by atoms with E-state index in [1.54, 1.807) is 17.9 Å². The first-order chi connectivity index (χ1) is 16.8. The van der Waals surface area contributed by atoms with Crippen molar-refractivity contribution in [1.82, 2.24) is 4.90 Å². The molecule has 2 heterocycles. The Morgan fingerprint density at radius 1 is 1.17 bits per heavy atom. The van der Waals surface area contributed by atoms with Crippen molar-refractivity contribution >= 4 is 29.2 Å². The monoisotopic (exact) mass is 504 g/mol. The highest BCUT2D eigenvalue weighted by atomic mass is 35.5. The number of piperidine rings is 1. The second kappa shape index (κ2) is 12.6. The molecule has 1 fully saturated rings. The van der Waals surface area contributed by atoms with Gasteiger partial charge in [0.15, 0.2) is 6.61 Å². The summed E-state index contributed by atoms with van der Waals surface area (Å²) >= 11 is 6.36. The minimum Gasteiger partial charge on any atom is -0.507 e. The van der Waals surface area contributed by atoms with Gasteiger partial charge in [-0.15, -0.1) is 0 Å². The van der Waals surface area contributed by atoms with Gasteiger partial charge in [0, 0.05) is 31.5 Å². The third kappa shape index (κ3) is 7.24. The van der Waals surface area contributed by atoms with E-state index in [1.165, 1.54) is 0 Å². The largest absolute Gasteiger partial charge is 0.507 e. The topological polar surface area (TPSA) is 109 Å². The second-order valence-corrected chi connectivity index (χ2v) is 9.31. The number of fused-ring (bicyclic) bond motifs is 1. The van der Waals surface area contributed by atoms with Gasteiger partial charge in [-0.25, -0.2) is 4.79 Å². The first-order valence-corrected chi connectivity index (χ1v) is 12.4. The highest BCUT2D eigenvalue weighted by Crippen LogP contribution is 2.37. The number of rotatable bonds is 3. The highest BCUT2D eigenvalue weighted by molar-refractivity contribution is 6.33. The quantitative estimate of drug-likeness (QED) is 0.349. The van der Waals surface area contributed by atoms with Gasteiger partial charge in [-0.2, -0.15) is 0 Å². The number of likely N-dealkylation sites (tertiary alicyclic amines) is 1. The molecule has 9 heteroatoms. The summed E-state index contributed by atoms with van der Waals surface area (Å²) in [5, 5.41) is 24.7. The van der Waals surface area contributed by atoms with Gasteiger partial charge in [0.05, 0.1) is 10.7 Å². The lowest BCUT2D eigenvalue weighted by Crippen LogP contribution is -2.37. The van der Waals surface area contributed by atoms with Gasteiger partial charge in [-0.3, -0.25) is 4.79 Å². The van der Waals surface area contributed by atoms with Gasteiger partial charge in [0.1, 0.15) is 23.2 Å². The van der Waals surface area contributed by atoms with Crippen LogP contribution in [0.2, 0.25) is 5.02 Å². The van der Waals surface area contributed by atoms with E-state index < -0.39 is 17.8 Å². The maximum Gasteiger partial charge on any atom is 0.342 e. The van der Waals surface area contributed by atoms with E-state index in [4.69, 9.17) is 21.2 Å². The van der Waals surface area contributed by atoms with Crippen LogP contribution in [0.1, 0.15) is 61.9 Å². The number of cyclic esters (lactones) is 1. The van der Waals surface area contributed by atoms with E-state index >= 15 is 0 Å². The average Bonchev–Trinajstić information content (AvgIpc) is 2.83. The average molecular weight is 505 g/mol. The lowest BCUT2D eigenvalue weighted by atomic mass is 9.98. The summed E-state index contributed by atoms with van der Waals surface area (Å²) in [4.78, 5) is 32.6. The predicted molar refractivity (Wildman–Crippen MR) is 134 cm³/mol. The molecule has 0 aromatic heterocycles. The molecule has 2 N–H and O–H groups in total. The molecule has 0 radical (unpaired) electrons. The molecule has 2 atom stereocenters. The lowest BCUT2D eigenvalue weighted by molar-refractivity contribution is -0.137. The molecule has 8 nitrogen and oxygen atoms in total. The van der Waals surface area contributed by atoms with Gasteiger partial charge in [-0.1, -0.05) is 41.9 Å². The summed E-state index contributed by atoms with van der Waals surface area (Å²) < 4.78 is 5.59. The Kier molecular flexibility index (Phi) is 9.60. The van der Waals surface area contributed by atoms with E-state index in [9.17, 15) is 19.8 Å². The maximum atomic E-state index is 13.0. The van der Waals surface area contributed by atoms with Crippen molar-refractivity contribution in [3.05, 3.63) is 46.5 Å². The Bertz CT molecular complexity index is 1010. The minimum absolute atomic E-state index is 0.0284. The van der Waals surface area contributed by atoms with E-state index in [1.807, 2.05) is 25.2 Å². The number of hydrogen-bond acceptors (Lipinski definition) is 7. The van der Waals surface area contributed by atoms with Crippen molar-refractivity contribution in [2.24, 2.45) is 11.1 Å². The number of oxime groups is 1. The van der Waals surface area contributed by atoms with Crippen molar-refractivity contribution in [2.75, 3.05) is 19.7 Å². The molecule has 1 saturated heterocycles. The zero-order valence-electron chi connectivity index (χ0n) is 20.2. The predicted octanol–water partition coefficient (Wildman–Crippen LogP) is 4.77. The lowest BCUT2D eigenvalue weighted by Gasteiger charge is -2.26. The SMILES string of the molecule is C[C@H]1/C=C/CC/C=C/C(=N\OCC(=O)N2CCCCC2)Cc2c(Cl)c(O)cc(O)c2C(=O)O[C@@H]1C. The van der Waals surface area contributed by atoms with Crippen LogP contribution in [0.4, 0.5) is 0 Å². The van der Waals surface area contributed by atoms with Crippen molar-refractivity contribution in [3.8, 4) is 11.5 Å². The van der Waals surface area contributed by atoms with Gasteiger partial charge >= 0.3 is 5.97 Å². The third-order valence-electron chi connectivity index (χ3n) is 6.25. The number of phenolic OH excluding ortho intramolecular Hbond substituents is 2. The number of aromatic hydroxyl groups is 2. The van der Waals surface area contributed by atoms with E-state index in [0.29, 0.717) is 18.8 Å². The Morgan fingerprint density at radius 2 is 1.89 bits per heavy atom. The molecule has 1 amide bonds. The number of amides is 1. The zero-order valence-corrected chi connectivity index (χ0v) is 21.0. The number of halogens is 1. The fraction of sp³-hybridized carbons (Fsp3) is 0.500. The molecular weight excluding hydrogens is 472 g/mol.